The highest BCUT2D eigenvalue weighted by molar-refractivity contribution is 7.09. The largest absolute Gasteiger partial charge is 0.352 e. The molecule has 0 saturated heterocycles. The summed E-state index contributed by atoms with van der Waals surface area (Å²) in [5.74, 6) is -0.140. The lowest BCUT2D eigenvalue weighted by atomic mass is 10.1. The topological polar surface area (TPSA) is 65.8 Å². The van der Waals surface area contributed by atoms with Crippen molar-refractivity contribution in [1.29, 1.82) is 5.26 Å². The molecule has 0 aliphatic heterocycles. The van der Waals surface area contributed by atoms with E-state index < -0.39 is 0 Å². The highest BCUT2D eigenvalue weighted by Gasteiger charge is 2.07. The summed E-state index contributed by atoms with van der Waals surface area (Å²) < 4.78 is 0. The Kier molecular flexibility index (Phi) is 4.99. The van der Waals surface area contributed by atoms with Crippen LogP contribution in [0.3, 0.4) is 0 Å². The van der Waals surface area contributed by atoms with Crippen LogP contribution in [0.15, 0.2) is 60.0 Å². The summed E-state index contributed by atoms with van der Waals surface area (Å²) in [5, 5.41) is 14.7. The quantitative estimate of drug-likeness (QED) is 0.775. The Morgan fingerprint density at radius 3 is 2.58 bits per heavy atom. The van der Waals surface area contributed by atoms with E-state index in [9.17, 15) is 4.79 Å². The van der Waals surface area contributed by atoms with Crippen LogP contribution in [0.4, 0.5) is 0 Å². The van der Waals surface area contributed by atoms with Gasteiger partial charge in [-0.1, -0.05) is 30.3 Å². The maximum Gasteiger partial charge on any atom is 0.251 e. The standard InChI is InChI=1S/C19H15N3OS/c20-12-14-6-8-16(9-7-14)19(23)21-11-10-18-22-17(13-24-18)15-4-2-1-3-5-15/h1-9,13H,10-11H2,(H,21,23). The smallest absolute Gasteiger partial charge is 0.251 e. The predicted molar refractivity (Wildman–Crippen MR) is 94.7 cm³/mol. The molecule has 0 saturated carbocycles. The molecule has 1 N–H and O–H groups in total. The van der Waals surface area contributed by atoms with Crippen molar-refractivity contribution in [3.8, 4) is 17.3 Å². The second-order valence-corrected chi connectivity index (χ2v) is 6.13. The summed E-state index contributed by atoms with van der Waals surface area (Å²) in [5.41, 5.74) is 3.16. The van der Waals surface area contributed by atoms with Crippen molar-refractivity contribution in [3.05, 3.63) is 76.1 Å². The zero-order valence-corrected chi connectivity index (χ0v) is 13.7. The third-order valence-corrected chi connectivity index (χ3v) is 4.43. The minimum Gasteiger partial charge on any atom is -0.352 e. The molecule has 1 amide bonds. The number of nitrogens with one attached hydrogen (secondary N) is 1. The number of carbonyl (C=O) groups excluding carboxylic acids is 1. The Balaban J connectivity index is 1.54. The van der Waals surface area contributed by atoms with Gasteiger partial charge in [-0.25, -0.2) is 4.98 Å². The van der Waals surface area contributed by atoms with E-state index in [1.54, 1.807) is 35.6 Å². The highest BCUT2D eigenvalue weighted by Crippen LogP contribution is 2.21. The van der Waals surface area contributed by atoms with Crippen LogP contribution in [-0.4, -0.2) is 17.4 Å². The lowest BCUT2D eigenvalue weighted by Crippen LogP contribution is -2.25. The van der Waals surface area contributed by atoms with Crippen LogP contribution in [0, 0.1) is 11.3 Å². The molecule has 4 nitrogen and oxygen atoms in total. The van der Waals surface area contributed by atoms with Gasteiger partial charge in [-0.3, -0.25) is 4.79 Å². The fourth-order valence-electron chi connectivity index (χ4n) is 2.25. The van der Waals surface area contributed by atoms with Gasteiger partial charge < -0.3 is 5.32 Å². The Labute approximate surface area is 144 Å². The molecule has 0 fully saturated rings. The summed E-state index contributed by atoms with van der Waals surface area (Å²) in [4.78, 5) is 16.7. The Morgan fingerprint density at radius 1 is 1.12 bits per heavy atom. The van der Waals surface area contributed by atoms with Crippen molar-refractivity contribution < 1.29 is 4.79 Å². The minimum absolute atomic E-state index is 0.140. The Hall–Kier alpha value is -2.97. The summed E-state index contributed by atoms with van der Waals surface area (Å²) in [6.07, 6.45) is 0.694. The average Bonchev–Trinajstić information content (AvgIpc) is 3.11. The molecule has 3 aromatic rings. The second-order valence-electron chi connectivity index (χ2n) is 5.19. The lowest BCUT2D eigenvalue weighted by Gasteiger charge is -2.04. The third kappa shape index (κ3) is 3.86. The molecular formula is C19H15N3OS. The number of thiazole rings is 1. The zero-order chi connectivity index (χ0) is 16.8. The molecule has 1 aromatic heterocycles. The van der Waals surface area contributed by atoms with Gasteiger partial charge in [0.1, 0.15) is 0 Å². The van der Waals surface area contributed by atoms with Gasteiger partial charge in [-0.15, -0.1) is 11.3 Å². The molecule has 1 heterocycles. The van der Waals surface area contributed by atoms with E-state index >= 15 is 0 Å². The van der Waals surface area contributed by atoms with Crippen LogP contribution >= 0.6 is 11.3 Å². The van der Waals surface area contributed by atoms with Crippen molar-refractivity contribution in [2.24, 2.45) is 0 Å². The van der Waals surface area contributed by atoms with E-state index in [-0.39, 0.29) is 5.91 Å². The first-order valence-electron chi connectivity index (χ1n) is 7.54. The molecule has 0 atom stereocenters. The zero-order valence-electron chi connectivity index (χ0n) is 12.9. The van der Waals surface area contributed by atoms with Crippen LogP contribution in [0.5, 0.6) is 0 Å². The predicted octanol–water partition coefficient (Wildman–Crippen LogP) is 3.65. The number of carbonyl (C=O) groups is 1. The van der Waals surface area contributed by atoms with E-state index in [1.165, 1.54) is 0 Å². The van der Waals surface area contributed by atoms with E-state index in [4.69, 9.17) is 5.26 Å². The van der Waals surface area contributed by atoms with Crippen molar-refractivity contribution >= 4 is 17.2 Å². The molecule has 118 valence electrons. The van der Waals surface area contributed by atoms with Crippen molar-refractivity contribution in [2.45, 2.75) is 6.42 Å². The van der Waals surface area contributed by atoms with E-state index in [0.29, 0.717) is 24.1 Å². The van der Waals surface area contributed by atoms with Crippen LogP contribution < -0.4 is 5.32 Å². The van der Waals surface area contributed by atoms with Crippen molar-refractivity contribution in [1.82, 2.24) is 10.3 Å². The van der Waals surface area contributed by atoms with E-state index in [0.717, 1.165) is 16.3 Å². The maximum absolute atomic E-state index is 12.1. The Morgan fingerprint density at radius 2 is 1.88 bits per heavy atom. The molecule has 0 aliphatic rings. The molecular weight excluding hydrogens is 318 g/mol. The molecule has 0 radical (unpaired) electrons. The van der Waals surface area contributed by atoms with Gasteiger partial charge in [0.15, 0.2) is 0 Å². The number of hydrogen-bond acceptors (Lipinski definition) is 4. The summed E-state index contributed by atoms with van der Waals surface area (Å²) in [6.45, 7) is 0.528. The number of nitriles is 1. The molecule has 0 aliphatic carbocycles. The number of amides is 1. The summed E-state index contributed by atoms with van der Waals surface area (Å²) >= 11 is 1.60. The second kappa shape index (κ2) is 7.53. The SMILES string of the molecule is N#Cc1ccc(C(=O)NCCc2nc(-c3ccccc3)cs2)cc1. The normalized spacial score (nSPS) is 10.1. The van der Waals surface area contributed by atoms with Crippen LogP contribution in [-0.2, 0) is 6.42 Å². The number of aromatic nitrogens is 1. The van der Waals surface area contributed by atoms with Crippen molar-refractivity contribution in [2.75, 3.05) is 6.54 Å². The molecule has 0 bridgehead atoms. The summed E-state index contributed by atoms with van der Waals surface area (Å²) in [6, 6.07) is 18.7. The number of benzene rings is 2. The first kappa shape index (κ1) is 15.9. The highest BCUT2D eigenvalue weighted by atomic mass is 32.1. The van der Waals surface area contributed by atoms with Gasteiger partial charge in [-0.05, 0) is 24.3 Å². The van der Waals surface area contributed by atoms with Crippen LogP contribution in [0.25, 0.3) is 11.3 Å². The molecule has 0 unspecified atom stereocenters. The van der Waals surface area contributed by atoms with Gasteiger partial charge in [0.05, 0.1) is 22.3 Å². The molecule has 0 spiro atoms. The van der Waals surface area contributed by atoms with E-state index in [2.05, 4.69) is 10.3 Å². The van der Waals surface area contributed by atoms with Gasteiger partial charge >= 0.3 is 0 Å². The fraction of sp³-hybridized carbons (Fsp3) is 0.105. The average molecular weight is 333 g/mol. The number of rotatable bonds is 5. The first-order valence-corrected chi connectivity index (χ1v) is 8.42. The lowest BCUT2D eigenvalue weighted by molar-refractivity contribution is 0.0954. The van der Waals surface area contributed by atoms with E-state index in [1.807, 2.05) is 41.8 Å². The molecule has 24 heavy (non-hydrogen) atoms. The van der Waals surface area contributed by atoms with Crippen LogP contribution in [0.1, 0.15) is 20.9 Å². The maximum atomic E-state index is 12.1. The van der Waals surface area contributed by atoms with Gasteiger partial charge in [-0.2, -0.15) is 5.26 Å². The first-order chi connectivity index (χ1) is 11.8. The Bertz CT molecular complexity index is 864. The van der Waals surface area contributed by atoms with Gasteiger partial charge in [0.2, 0.25) is 0 Å². The monoisotopic (exact) mass is 333 g/mol. The third-order valence-electron chi connectivity index (χ3n) is 3.52. The fourth-order valence-corrected chi connectivity index (χ4v) is 3.06. The van der Waals surface area contributed by atoms with Crippen LogP contribution in [0.2, 0.25) is 0 Å². The summed E-state index contributed by atoms with van der Waals surface area (Å²) in [7, 11) is 0. The van der Waals surface area contributed by atoms with Gasteiger partial charge in [0, 0.05) is 29.5 Å². The van der Waals surface area contributed by atoms with Crippen molar-refractivity contribution in [3.63, 3.8) is 0 Å². The molecule has 5 heteroatoms. The molecule has 2 aromatic carbocycles. The molecule has 3 rings (SSSR count). The number of hydrogen-bond donors (Lipinski definition) is 1. The number of nitrogens with zero attached hydrogens (tertiary/aromatic N) is 2. The van der Waals surface area contributed by atoms with Gasteiger partial charge in [0.25, 0.3) is 5.91 Å². The minimum atomic E-state index is -0.140.